The first-order chi connectivity index (χ1) is 9.94. The lowest BCUT2D eigenvalue weighted by Gasteiger charge is -2.13. The van der Waals surface area contributed by atoms with Crippen LogP contribution in [0.25, 0.3) is 0 Å². The number of halogens is 2. The molecule has 21 heavy (non-hydrogen) atoms. The van der Waals surface area contributed by atoms with Crippen molar-refractivity contribution in [3.05, 3.63) is 47.7 Å². The maximum atomic E-state index is 13.2. The lowest BCUT2D eigenvalue weighted by Crippen LogP contribution is -2.14. The molecule has 2 rings (SSSR count). The number of hydrogen-bond donors (Lipinski definition) is 2. The fourth-order valence-corrected chi connectivity index (χ4v) is 1.92. The first-order valence-corrected chi connectivity index (χ1v) is 6.48. The molecule has 0 aliphatic carbocycles. The van der Waals surface area contributed by atoms with Gasteiger partial charge in [0.05, 0.1) is 6.04 Å². The van der Waals surface area contributed by atoms with Crippen LogP contribution in [-0.2, 0) is 11.3 Å². The standard InChI is InChI=1S/C14H16F2N4O/c1-9(10-6-11(15)8-12(16)7-10)18-14-3-5-20(19-14)4-2-13(17)21/h3,5-9H,2,4H2,1H3,(H2,17,21)(H,18,19)/t9-/m0/s1. The number of nitrogens with one attached hydrogen (secondary N) is 1. The van der Waals surface area contributed by atoms with E-state index >= 15 is 0 Å². The second-order valence-corrected chi connectivity index (χ2v) is 4.75. The zero-order chi connectivity index (χ0) is 15.4. The Bertz CT molecular complexity index is 621. The van der Waals surface area contributed by atoms with E-state index in [4.69, 9.17) is 5.73 Å². The van der Waals surface area contributed by atoms with Crippen molar-refractivity contribution < 1.29 is 13.6 Å². The van der Waals surface area contributed by atoms with Crippen molar-refractivity contribution in [2.24, 2.45) is 5.73 Å². The monoisotopic (exact) mass is 294 g/mol. The lowest BCUT2D eigenvalue weighted by molar-refractivity contribution is -0.118. The molecule has 1 heterocycles. The van der Waals surface area contributed by atoms with Crippen LogP contribution in [0.5, 0.6) is 0 Å². The van der Waals surface area contributed by atoms with Crippen LogP contribution in [0.3, 0.4) is 0 Å². The molecule has 2 aromatic rings. The van der Waals surface area contributed by atoms with Crippen LogP contribution >= 0.6 is 0 Å². The van der Waals surface area contributed by atoms with Gasteiger partial charge in [0.15, 0.2) is 0 Å². The number of hydrogen-bond acceptors (Lipinski definition) is 3. The molecule has 5 nitrogen and oxygen atoms in total. The molecule has 0 fully saturated rings. The highest BCUT2D eigenvalue weighted by Crippen LogP contribution is 2.20. The maximum Gasteiger partial charge on any atom is 0.219 e. The molecule has 0 aliphatic heterocycles. The van der Waals surface area contributed by atoms with Gasteiger partial charge in [0.1, 0.15) is 17.5 Å². The molecule has 0 bridgehead atoms. The number of anilines is 1. The Labute approximate surface area is 120 Å². The minimum Gasteiger partial charge on any atom is -0.370 e. The molecule has 0 unspecified atom stereocenters. The Balaban J connectivity index is 2.02. The predicted octanol–water partition coefficient (Wildman–Crippen LogP) is 2.21. The van der Waals surface area contributed by atoms with E-state index in [-0.39, 0.29) is 12.5 Å². The van der Waals surface area contributed by atoms with Gasteiger partial charge in [0.2, 0.25) is 5.91 Å². The van der Waals surface area contributed by atoms with Gasteiger partial charge < -0.3 is 11.1 Å². The summed E-state index contributed by atoms with van der Waals surface area (Å²) in [6.45, 7) is 2.16. The number of amides is 1. The first-order valence-electron chi connectivity index (χ1n) is 6.48. The summed E-state index contributed by atoms with van der Waals surface area (Å²) in [7, 11) is 0. The average Bonchev–Trinajstić information content (AvgIpc) is 2.83. The van der Waals surface area contributed by atoms with Crippen molar-refractivity contribution in [1.29, 1.82) is 0 Å². The van der Waals surface area contributed by atoms with Crippen LogP contribution in [0.2, 0.25) is 0 Å². The van der Waals surface area contributed by atoms with Gasteiger partial charge in [-0.15, -0.1) is 0 Å². The van der Waals surface area contributed by atoms with E-state index in [1.807, 2.05) is 0 Å². The Morgan fingerprint density at radius 2 is 2.05 bits per heavy atom. The highest BCUT2D eigenvalue weighted by atomic mass is 19.1. The topological polar surface area (TPSA) is 72.9 Å². The number of nitrogens with two attached hydrogens (primary N) is 1. The van der Waals surface area contributed by atoms with E-state index in [1.165, 1.54) is 12.1 Å². The van der Waals surface area contributed by atoms with E-state index in [1.54, 1.807) is 23.9 Å². The van der Waals surface area contributed by atoms with Crippen molar-refractivity contribution in [1.82, 2.24) is 9.78 Å². The fourth-order valence-electron chi connectivity index (χ4n) is 1.92. The summed E-state index contributed by atoms with van der Waals surface area (Å²) >= 11 is 0. The summed E-state index contributed by atoms with van der Waals surface area (Å²) in [4.78, 5) is 10.7. The van der Waals surface area contributed by atoms with Crippen molar-refractivity contribution in [2.45, 2.75) is 25.9 Å². The van der Waals surface area contributed by atoms with E-state index in [0.29, 0.717) is 17.9 Å². The van der Waals surface area contributed by atoms with Gasteiger partial charge >= 0.3 is 0 Å². The van der Waals surface area contributed by atoms with Crippen molar-refractivity contribution in [3.63, 3.8) is 0 Å². The Morgan fingerprint density at radius 3 is 2.67 bits per heavy atom. The molecule has 0 saturated heterocycles. The number of carbonyl (C=O) groups is 1. The summed E-state index contributed by atoms with van der Waals surface area (Å²) in [5.41, 5.74) is 5.55. The summed E-state index contributed by atoms with van der Waals surface area (Å²) < 4.78 is 27.9. The van der Waals surface area contributed by atoms with Crippen LogP contribution in [0.1, 0.15) is 24.9 Å². The summed E-state index contributed by atoms with van der Waals surface area (Å²) in [5.74, 6) is -1.09. The maximum absolute atomic E-state index is 13.2. The van der Waals surface area contributed by atoms with Gasteiger partial charge in [-0.3, -0.25) is 9.48 Å². The van der Waals surface area contributed by atoms with Gasteiger partial charge in [-0.1, -0.05) is 0 Å². The minimum atomic E-state index is -0.620. The Kier molecular flexibility index (Phi) is 4.52. The van der Waals surface area contributed by atoms with Gasteiger partial charge in [0.25, 0.3) is 0 Å². The van der Waals surface area contributed by atoms with Gasteiger partial charge in [-0.25, -0.2) is 8.78 Å². The number of benzene rings is 1. The molecule has 0 radical (unpaired) electrons. The molecular weight excluding hydrogens is 278 g/mol. The number of rotatable bonds is 6. The second-order valence-electron chi connectivity index (χ2n) is 4.75. The van der Waals surface area contributed by atoms with Gasteiger partial charge in [-0.2, -0.15) is 5.10 Å². The molecule has 0 saturated carbocycles. The molecule has 3 N–H and O–H groups in total. The summed E-state index contributed by atoms with van der Waals surface area (Å²) in [6, 6.07) is 4.77. The van der Waals surface area contributed by atoms with Crippen LogP contribution < -0.4 is 11.1 Å². The number of aromatic nitrogens is 2. The SMILES string of the molecule is C[C@H](Nc1ccn(CCC(N)=O)n1)c1cc(F)cc(F)c1. The third-order valence-corrected chi connectivity index (χ3v) is 2.98. The molecule has 1 amide bonds. The van der Waals surface area contributed by atoms with Crippen LogP contribution in [0, 0.1) is 11.6 Å². The minimum absolute atomic E-state index is 0.200. The average molecular weight is 294 g/mol. The molecule has 1 atom stereocenters. The van der Waals surface area contributed by atoms with Crippen LogP contribution in [0.4, 0.5) is 14.6 Å². The molecule has 7 heteroatoms. The first kappa shape index (κ1) is 15.0. The zero-order valence-corrected chi connectivity index (χ0v) is 11.5. The fraction of sp³-hybridized carbons (Fsp3) is 0.286. The van der Waals surface area contributed by atoms with E-state index in [0.717, 1.165) is 6.07 Å². The molecule has 0 aliphatic rings. The Morgan fingerprint density at radius 1 is 1.38 bits per heavy atom. The van der Waals surface area contributed by atoms with Crippen LogP contribution in [-0.4, -0.2) is 15.7 Å². The Hall–Kier alpha value is -2.44. The molecule has 0 spiro atoms. The van der Waals surface area contributed by atoms with E-state index in [2.05, 4.69) is 10.4 Å². The largest absolute Gasteiger partial charge is 0.370 e. The number of carbonyl (C=O) groups excluding carboxylic acids is 1. The third kappa shape index (κ3) is 4.27. The highest BCUT2D eigenvalue weighted by Gasteiger charge is 2.10. The van der Waals surface area contributed by atoms with Crippen LogP contribution in [0.15, 0.2) is 30.5 Å². The summed E-state index contributed by atoms with van der Waals surface area (Å²) in [6.07, 6.45) is 1.90. The molecule has 112 valence electrons. The van der Waals surface area contributed by atoms with E-state index < -0.39 is 17.5 Å². The normalized spacial score (nSPS) is 12.1. The zero-order valence-electron chi connectivity index (χ0n) is 11.5. The molecule has 1 aromatic carbocycles. The van der Waals surface area contributed by atoms with Crippen molar-refractivity contribution >= 4 is 11.7 Å². The van der Waals surface area contributed by atoms with Gasteiger partial charge in [0, 0.05) is 31.3 Å². The second kappa shape index (κ2) is 6.34. The van der Waals surface area contributed by atoms with Crippen molar-refractivity contribution in [3.8, 4) is 0 Å². The molecule has 1 aromatic heterocycles. The highest BCUT2D eigenvalue weighted by molar-refractivity contribution is 5.73. The smallest absolute Gasteiger partial charge is 0.219 e. The number of aryl methyl sites for hydroxylation is 1. The van der Waals surface area contributed by atoms with E-state index in [9.17, 15) is 13.6 Å². The summed E-state index contributed by atoms with van der Waals surface area (Å²) in [5, 5.41) is 7.24. The lowest BCUT2D eigenvalue weighted by atomic mass is 10.1. The quantitative estimate of drug-likeness (QED) is 0.858. The molecular formula is C14H16F2N4O. The third-order valence-electron chi connectivity index (χ3n) is 2.98. The predicted molar refractivity (Wildman–Crippen MR) is 74.4 cm³/mol. The van der Waals surface area contributed by atoms with Crippen molar-refractivity contribution in [2.75, 3.05) is 5.32 Å². The number of nitrogens with zero attached hydrogens (tertiary/aromatic N) is 2. The van der Waals surface area contributed by atoms with Gasteiger partial charge in [-0.05, 0) is 24.6 Å². The number of primary amides is 1.